The van der Waals surface area contributed by atoms with E-state index in [0.717, 1.165) is 5.56 Å². The Labute approximate surface area is 136 Å². The summed E-state index contributed by atoms with van der Waals surface area (Å²) in [7, 11) is 0. The predicted molar refractivity (Wildman–Crippen MR) is 90.7 cm³/mol. The molecule has 0 spiro atoms. The Hall–Kier alpha value is -3.54. The first-order valence-electron chi connectivity index (χ1n) is 7.10. The van der Waals surface area contributed by atoms with E-state index < -0.39 is 10.9 Å². The van der Waals surface area contributed by atoms with E-state index in [1.807, 2.05) is 0 Å². The van der Waals surface area contributed by atoms with Crippen LogP contribution in [-0.4, -0.2) is 21.0 Å². The highest BCUT2D eigenvalue weighted by Crippen LogP contribution is 2.24. The number of non-ortho nitro benzene ring substituents is 1. The molecule has 0 fully saturated rings. The molecule has 118 valence electrons. The third-order valence-corrected chi connectivity index (χ3v) is 3.52. The number of hydrogen-bond acceptors (Lipinski definition) is 4. The van der Waals surface area contributed by atoms with Crippen molar-refractivity contribution in [3.8, 4) is 0 Å². The van der Waals surface area contributed by atoms with Crippen LogP contribution >= 0.6 is 0 Å². The second-order valence-electron chi connectivity index (χ2n) is 5.10. The van der Waals surface area contributed by atoms with E-state index in [9.17, 15) is 14.9 Å². The molecule has 0 radical (unpaired) electrons. The zero-order valence-corrected chi connectivity index (χ0v) is 12.4. The number of rotatable bonds is 4. The van der Waals surface area contributed by atoms with Gasteiger partial charge < -0.3 is 5.11 Å². The molecule has 0 atom stereocenters. The number of nitro benzene ring substituents is 1. The van der Waals surface area contributed by atoms with Gasteiger partial charge in [0.25, 0.3) is 5.69 Å². The number of hydrogen-bond donors (Lipinski definition) is 1. The fourth-order valence-electron chi connectivity index (χ4n) is 2.31. The maximum atomic E-state index is 11.1. The summed E-state index contributed by atoms with van der Waals surface area (Å²) in [6.45, 7) is 0. The zero-order valence-electron chi connectivity index (χ0n) is 12.4. The van der Waals surface area contributed by atoms with Gasteiger partial charge in [0.15, 0.2) is 0 Å². The molecule has 0 saturated heterocycles. The van der Waals surface area contributed by atoms with Crippen LogP contribution in [0, 0.1) is 10.1 Å². The Balaban J connectivity index is 1.93. The summed E-state index contributed by atoms with van der Waals surface area (Å²) in [4.78, 5) is 25.8. The van der Waals surface area contributed by atoms with Gasteiger partial charge in [0, 0.05) is 11.5 Å². The van der Waals surface area contributed by atoms with Gasteiger partial charge in [-0.3, -0.25) is 10.1 Å². The largest absolute Gasteiger partial charge is 0.478 e. The molecular weight excluding hydrogens is 308 g/mol. The van der Waals surface area contributed by atoms with Crippen molar-refractivity contribution in [2.24, 2.45) is 0 Å². The molecule has 3 aromatic rings. The molecule has 0 bridgehead atoms. The maximum Gasteiger partial charge on any atom is 0.335 e. The van der Waals surface area contributed by atoms with E-state index >= 15 is 0 Å². The van der Waals surface area contributed by atoms with Gasteiger partial charge in [0.05, 0.1) is 16.2 Å². The van der Waals surface area contributed by atoms with Gasteiger partial charge in [-0.05, 0) is 29.8 Å². The molecule has 1 heterocycles. The first-order chi connectivity index (χ1) is 11.5. The SMILES string of the molecule is O=C(O)c1ccc(/C=C/c2ccc3cccc([N+](=O)[O-])c3n2)cc1. The molecule has 3 rings (SSSR count). The highest BCUT2D eigenvalue weighted by molar-refractivity contribution is 5.89. The fourth-order valence-corrected chi connectivity index (χ4v) is 2.31. The first-order valence-corrected chi connectivity index (χ1v) is 7.10. The van der Waals surface area contributed by atoms with Crippen LogP contribution in [0.5, 0.6) is 0 Å². The quantitative estimate of drug-likeness (QED) is 0.579. The third-order valence-electron chi connectivity index (χ3n) is 3.52. The highest BCUT2D eigenvalue weighted by atomic mass is 16.6. The van der Waals surface area contributed by atoms with Crippen LogP contribution in [-0.2, 0) is 0 Å². The lowest BCUT2D eigenvalue weighted by Gasteiger charge is -2.00. The predicted octanol–water partition coefficient (Wildman–Crippen LogP) is 4.01. The summed E-state index contributed by atoms with van der Waals surface area (Å²) >= 11 is 0. The normalized spacial score (nSPS) is 11.0. The summed E-state index contributed by atoms with van der Waals surface area (Å²) < 4.78 is 0. The fraction of sp³-hybridized carbons (Fsp3) is 0. The number of carbonyl (C=O) groups is 1. The number of benzene rings is 2. The van der Waals surface area contributed by atoms with E-state index in [4.69, 9.17) is 5.11 Å². The number of para-hydroxylation sites is 1. The number of nitrogens with zero attached hydrogens (tertiary/aromatic N) is 2. The van der Waals surface area contributed by atoms with Crippen LogP contribution < -0.4 is 0 Å². The molecular formula is C18H12N2O4. The van der Waals surface area contributed by atoms with Crippen LogP contribution in [0.1, 0.15) is 21.6 Å². The van der Waals surface area contributed by atoms with Gasteiger partial charge in [-0.2, -0.15) is 0 Å². The Morgan fingerprint density at radius 3 is 2.46 bits per heavy atom. The number of fused-ring (bicyclic) bond motifs is 1. The van der Waals surface area contributed by atoms with Gasteiger partial charge in [0.2, 0.25) is 0 Å². The lowest BCUT2D eigenvalue weighted by Crippen LogP contribution is -1.94. The second-order valence-corrected chi connectivity index (χ2v) is 5.10. The van der Waals surface area contributed by atoms with E-state index in [-0.39, 0.29) is 11.3 Å². The Kier molecular flexibility index (Phi) is 4.03. The van der Waals surface area contributed by atoms with Gasteiger partial charge in [-0.1, -0.05) is 36.4 Å². The molecule has 2 aromatic carbocycles. The summed E-state index contributed by atoms with van der Waals surface area (Å²) in [5, 5.41) is 20.7. The number of carboxylic acids is 1. The van der Waals surface area contributed by atoms with Gasteiger partial charge >= 0.3 is 5.97 Å². The Bertz CT molecular complexity index is 962. The van der Waals surface area contributed by atoms with Gasteiger partial charge in [0.1, 0.15) is 5.52 Å². The van der Waals surface area contributed by atoms with Crippen molar-refractivity contribution in [2.75, 3.05) is 0 Å². The summed E-state index contributed by atoms with van der Waals surface area (Å²) in [6, 6.07) is 14.8. The zero-order chi connectivity index (χ0) is 17.1. The van der Waals surface area contributed by atoms with Crippen molar-refractivity contribution in [1.82, 2.24) is 4.98 Å². The van der Waals surface area contributed by atoms with Crippen molar-refractivity contribution in [2.45, 2.75) is 0 Å². The average molecular weight is 320 g/mol. The minimum atomic E-state index is -0.978. The Morgan fingerprint density at radius 2 is 1.79 bits per heavy atom. The molecule has 6 heteroatoms. The number of pyridine rings is 1. The van der Waals surface area contributed by atoms with Crippen LogP contribution in [0.15, 0.2) is 54.6 Å². The molecule has 0 aliphatic carbocycles. The van der Waals surface area contributed by atoms with Crippen molar-refractivity contribution in [1.29, 1.82) is 0 Å². The molecule has 24 heavy (non-hydrogen) atoms. The topological polar surface area (TPSA) is 93.3 Å². The van der Waals surface area contributed by atoms with Crippen LogP contribution in [0.4, 0.5) is 5.69 Å². The Morgan fingerprint density at radius 1 is 1.04 bits per heavy atom. The third kappa shape index (κ3) is 3.12. The highest BCUT2D eigenvalue weighted by Gasteiger charge is 2.12. The second kappa shape index (κ2) is 6.29. The molecule has 1 aromatic heterocycles. The van der Waals surface area contributed by atoms with Crippen molar-refractivity contribution >= 4 is 34.7 Å². The minimum Gasteiger partial charge on any atom is -0.478 e. The molecule has 1 N–H and O–H groups in total. The number of nitro groups is 1. The number of aromatic nitrogens is 1. The molecule has 0 aliphatic rings. The average Bonchev–Trinajstić information content (AvgIpc) is 2.59. The molecule has 0 saturated carbocycles. The van der Waals surface area contributed by atoms with E-state index in [0.29, 0.717) is 16.6 Å². The van der Waals surface area contributed by atoms with Crippen molar-refractivity contribution in [3.63, 3.8) is 0 Å². The van der Waals surface area contributed by atoms with Crippen molar-refractivity contribution in [3.05, 3.63) is 81.5 Å². The van der Waals surface area contributed by atoms with Crippen LogP contribution in [0.2, 0.25) is 0 Å². The van der Waals surface area contributed by atoms with Gasteiger partial charge in [-0.15, -0.1) is 0 Å². The minimum absolute atomic E-state index is 0.0337. The van der Waals surface area contributed by atoms with E-state index in [1.165, 1.54) is 18.2 Å². The molecule has 6 nitrogen and oxygen atoms in total. The van der Waals surface area contributed by atoms with Crippen LogP contribution in [0.25, 0.3) is 23.1 Å². The summed E-state index contributed by atoms with van der Waals surface area (Å²) in [6.07, 6.45) is 3.50. The summed E-state index contributed by atoms with van der Waals surface area (Å²) in [5.41, 5.74) is 1.91. The van der Waals surface area contributed by atoms with E-state index in [2.05, 4.69) is 4.98 Å². The van der Waals surface area contributed by atoms with Gasteiger partial charge in [-0.25, -0.2) is 9.78 Å². The molecule has 0 aliphatic heterocycles. The summed E-state index contributed by atoms with van der Waals surface area (Å²) in [5.74, 6) is -0.978. The van der Waals surface area contributed by atoms with E-state index in [1.54, 1.807) is 48.6 Å². The molecule has 0 amide bonds. The van der Waals surface area contributed by atoms with Crippen molar-refractivity contribution < 1.29 is 14.8 Å². The smallest absolute Gasteiger partial charge is 0.335 e. The maximum absolute atomic E-state index is 11.1. The monoisotopic (exact) mass is 320 g/mol. The number of carboxylic acid groups (broad SMARTS) is 1. The molecule has 0 unspecified atom stereocenters. The first kappa shape index (κ1) is 15.4. The lowest BCUT2D eigenvalue weighted by molar-refractivity contribution is -0.383. The number of aromatic carboxylic acids is 1. The lowest BCUT2D eigenvalue weighted by atomic mass is 10.1. The van der Waals surface area contributed by atoms with Crippen LogP contribution in [0.3, 0.4) is 0 Å². The standard InChI is InChI=1S/C18H12N2O4/c21-18(22)14-7-4-12(5-8-14)6-10-15-11-9-13-2-1-3-16(20(23)24)17(13)19-15/h1-11H,(H,21,22)/b10-6+.